The molecule has 0 fully saturated rings. The quantitative estimate of drug-likeness (QED) is 0.723. The van der Waals surface area contributed by atoms with Crippen molar-refractivity contribution in [2.45, 2.75) is 12.4 Å². The third-order valence-electron chi connectivity index (χ3n) is 3.89. The molecule has 3 aromatic rings. The van der Waals surface area contributed by atoms with Crippen LogP contribution in [-0.2, 0) is 0 Å². The van der Waals surface area contributed by atoms with E-state index < -0.39 is 6.36 Å². The summed E-state index contributed by atoms with van der Waals surface area (Å²) in [4.78, 5) is 0. The maximum Gasteiger partial charge on any atom is 0.573 e. The summed E-state index contributed by atoms with van der Waals surface area (Å²) in [7, 11) is 0. The Balaban J connectivity index is 1.54. The minimum atomic E-state index is -4.72. The van der Waals surface area contributed by atoms with Gasteiger partial charge in [0.25, 0.3) is 5.88 Å². The lowest BCUT2D eigenvalue weighted by Crippen LogP contribution is -2.29. The molecule has 27 heavy (non-hydrogen) atoms. The van der Waals surface area contributed by atoms with Gasteiger partial charge in [-0.3, -0.25) is 5.43 Å². The van der Waals surface area contributed by atoms with E-state index in [0.29, 0.717) is 35.6 Å². The van der Waals surface area contributed by atoms with Crippen molar-refractivity contribution in [3.63, 3.8) is 0 Å². The molecular formula is C17H13F3N4O3. The fourth-order valence-corrected chi connectivity index (χ4v) is 2.62. The molecule has 1 aromatic heterocycles. The van der Waals surface area contributed by atoms with E-state index in [2.05, 4.69) is 25.7 Å². The average molecular weight is 378 g/mol. The highest BCUT2D eigenvalue weighted by molar-refractivity contribution is 5.87. The van der Waals surface area contributed by atoms with Gasteiger partial charge in [0.1, 0.15) is 18.4 Å². The highest BCUT2D eigenvalue weighted by Gasteiger charge is 2.31. The molecule has 0 saturated heterocycles. The third-order valence-corrected chi connectivity index (χ3v) is 3.89. The van der Waals surface area contributed by atoms with Crippen molar-refractivity contribution in [1.82, 2.24) is 10.6 Å². The molecule has 0 bridgehead atoms. The lowest BCUT2D eigenvalue weighted by molar-refractivity contribution is -0.274. The number of alkyl halides is 3. The first-order valence-corrected chi connectivity index (χ1v) is 7.98. The van der Waals surface area contributed by atoms with Crippen LogP contribution in [0, 0.1) is 0 Å². The Labute approximate surface area is 150 Å². The molecule has 2 heterocycles. The van der Waals surface area contributed by atoms with Crippen LogP contribution in [0.3, 0.4) is 0 Å². The Morgan fingerprint density at radius 1 is 1.11 bits per heavy atom. The Bertz CT molecular complexity index is 962. The Hall–Kier alpha value is -3.30. The first-order valence-electron chi connectivity index (χ1n) is 7.98. The lowest BCUT2D eigenvalue weighted by Gasteiger charge is -2.10. The maximum atomic E-state index is 12.3. The van der Waals surface area contributed by atoms with Crippen LogP contribution in [0.25, 0.3) is 22.1 Å². The molecule has 0 saturated carbocycles. The van der Waals surface area contributed by atoms with Crippen LogP contribution in [-0.4, -0.2) is 30.7 Å². The second-order valence-corrected chi connectivity index (χ2v) is 5.83. The van der Waals surface area contributed by atoms with Crippen molar-refractivity contribution in [3.8, 4) is 22.8 Å². The van der Waals surface area contributed by atoms with E-state index in [1.165, 1.54) is 12.1 Å². The number of aromatic nitrogens is 1. The largest absolute Gasteiger partial charge is 0.573 e. The standard InChI is InChI=1S/C17H13F3N4O3/c18-17(19,20)26-13-4-1-10(2-5-13)11-3-6-15-14(7-11)16(23-27-15)25-9-12-8-21-24-22-12/h1-7,12H,8-9H2,(H,21,22). The zero-order chi connectivity index (χ0) is 18.9. The number of hydrogen-bond acceptors (Lipinski definition) is 7. The number of nitrogens with one attached hydrogen (secondary N) is 1. The molecule has 140 valence electrons. The smallest absolute Gasteiger partial charge is 0.473 e. The van der Waals surface area contributed by atoms with E-state index in [1.54, 1.807) is 30.3 Å². The summed E-state index contributed by atoms with van der Waals surface area (Å²) in [6.07, 6.45) is -4.72. The predicted molar refractivity (Wildman–Crippen MR) is 88.3 cm³/mol. The van der Waals surface area contributed by atoms with Gasteiger partial charge in [0.2, 0.25) is 0 Å². The molecule has 1 atom stereocenters. The van der Waals surface area contributed by atoms with E-state index >= 15 is 0 Å². The maximum absolute atomic E-state index is 12.3. The number of halogens is 3. The number of nitrogens with zero attached hydrogens (tertiary/aromatic N) is 3. The highest BCUT2D eigenvalue weighted by atomic mass is 19.4. The van der Waals surface area contributed by atoms with Crippen molar-refractivity contribution < 1.29 is 27.2 Å². The van der Waals surface area contributed by atoms with E-state index in [0.717, 1.165) is 5.56 Å². The van der Waals surface area contributed by atoms with Gasteiger partial charge in [0, 0.05) is 0 Å². The summed E-state index contributed by atoms with van der Waals surface area (Å²) in [5.41, 5.74) is 4.84. The molecule has 4 rings (SSSR count). The molecule has 10 heteroatoms. The predicted octanol–water partition coefficient (Wildman–Crippen LogP) is 4.11. The summed E-state index contributed by atoms with van der Waals surface area (Å²) in [5.74, 6) is 0.0544. The van der Waals surface area contributed by atoms with E-state index in [-0.39, 0.29) is 11.8 Å². The fourth-order valence-electron chi connectivity index (χ4n) is 2.62. The van der Waals surface area contributed by atoms with Gasteiger partial charge in [-0.05, 0) is 40.5 Å². The molecule has 2 aromatic carbocycles. The number of benzene rings is 2. The zero-order valence-corrected chi connectivity index (χ0v) is 13.7. The molecule has 0 aliphatic carbocycles. The summed E-state index contributed by atoms with van der Waals surface area (Å²) >= 11 is 0. The summed E-state index contributed by atoms with van der Waals surface area (Å²) in [6, 6.07) is 10.9. The van der Waals surface area contributed by atoms with Gasteiger partial charge < -0.3 is 14.0 Å². The molecule has 0 spiro atoms. The molecule has 1 aliphatic rings. The lowest BCUT2D eigenvalue weighted by atomic mass is 10.0. The second-order valence-electron chi connectivity index (χ2n) is 5.83. The van der Waals surface area contributed by atoms with Crippen LogP contribution >= 0.6 is 0 Å². The monoisotopic (exact) mass is 378 g/mol. The highest BCUT2D eigenvalue weighted by Crippen LogP contribution is 2.32. The Morgan fingerprint density at radius 2 is 1.89 bits per heavy atom. The van der Waals surface area contributed by atoms with Crippen LogP contribution in [0.4, 0.5) is 13.2 Å². The van der Waals surface area contributed by atoms with E-state index in [1.807, 2.05) is 0 Å². The van der Waals surface area contributed by atoms with Gasteiger partial charge in [-0.1, -0.05) is 23.4 Å². The van der Waals surface area contributed by atoms with Crippen LogP contribution in [0.15, 0.2) is 57.3 Å². The fraction of sp³-hybridized carbons (Fsp3) is 0.235. The second kappa shape index (κ2) is 6.78. The number of hydrogen-bond donors (Lipinski definition) is 1. The van der Waals surface area contributed by atoms with Crippen molar-refractivity contribution in [3.05, 3.63) is 42.5 Å². The SMILES string of the molecule is FC(F)(F)Oc1ccc(-c2ccc3onc(OCC4CN=NN4)c3c2)cc1. The first kappa shape index (κ1) is 17.1. The van der Waals surface area contributed by atoms with E-state index in [4.69, 9.17) is 9.26 Å². The van der Waals surface area contributed by atoms with Crippen LogP contribution < -0.4 is 14.9 Å². The average Bonchev–Trinajstić information content (AvgIpc) is 3.28. The summed E-state index contributed by atoms with van der Waals surface area (Å²) < 4.78 is 51.6. The van der Waals surface area contributed by atoms with Crippen molar-refractivity contribution >= 4 is 11.0 Å². The number of fused-ring (bicyclic) bond motifs is 1. The third kappa shape index (κ3) is 3.94. The minimum Gasteiger partial charge on any atom is -0.473 e. The Morgan fingerprint density at radius 3 is 2.59 bits per heavy atom. The van der Waals surface area contributed by atoms with Crippen LogP contribution in [0.1, 0.15) is 0 Å². The zero-order valence-electron chi connectivity index (χ0n) is 13.7. The van der Waals surface area contributed by atoms with Gasteiger partial charge in [-0.25, -0.2) is 0 Å². The topological polar surface area (TPSA) is 81.2 Å². The molecule has 1 N–H and O–H groups in total. The van der Waals surface area contributed by atoms with Gasteiger partial charge in [-0.2, -0.15) is 5.11 Å². The number of rotatable bonds is 5. The van der Waals surface area contributed by atoms with Gasteiger partial charge in [0.15, 0.2) is 5.58 Å². The Kier molecular flexibility index (Phi) is 4.30. The van der Waals surface area contributed by atoms with Crippen molar-refractivity contribution in [2.24, 2.45) is 10.3 Å². The molecule has 0 amide bonds. The van der Waals surface area contributed by atoms with Crippen LogP contribution in [0.5, 0.6) is 11.6 Å². The minimum absolute atomic E-state index is 0.0268. The number of ether oxygens (including phenoxy) is 2. The van der Waals surface area contributed by atoms with Crippen LogP contribution in [0.2, 0.25) is 0 Å². The van der Waals surface area contributed by atoms with E-state index in [9.17, 15) is 13.2 Å². The summed E-state index contributed by atoms with van der Waals surface area (Å²) in [6.45, 7) is 0.843. The van der Waals surface area contributed by atoms with Gasteiger partial charge >= 0.3 is 6.36 Å². The summed E-state index contributed by atoms with van der Waals surface area (Å²) in [5, 5.41) is 12.1. The first-order chi connectivity index (χ1) is 13.0. The van der Waals surface area contributed by atoms with Gasteiger partial charge in [-0.15, -0.1) is 13.2 Å². The molecule has 7 nitrogen and oxygen atoms in total. The van der Waals surface area contributed by atoms with Gasteiger partial charge in [0.05, 0.1) is 11.9 Å². The molecule has 1 aliphatic heterocycles. The molecule has 1 unspecified atom stereocenters. The molecule has 0 radical (unpaired) electrons. The normalized spacial score (nSPS) is 16.5. The molecular weight excluding hydrogens is 365 g/mol. The van der Waals surface area contributed by atoms with Crippen molar-refractivity contribution in [2.75, 3.05) is 13.2 Å². The van der Waals surface area contributed by atoms with Crippen molar-refractivity contribution in [1.29, 1.82) is 0 Å².